The molecule has 0 fully saturated rings. The maximum Gasteiger partial charge on any atom is 0.327 e. The van der Waals surface area contributed by atoms with Crippen LogP contribution in [0, 0.1) is 0 Å². The molecule has 6 heteroatoms. The minimum Gasteiger partial charge on any atom is -0.494 e. The van der Waals surface area contributed by atoms with Crippen LogP contribution in [-0.2, 0) is 4.79 Å². The van der Waals surface area contributed by atoms with Gasteiger partial charge in [-0.05, 0) is 55.3 Å². The molecule has 2 rings (SSSR count). The van der Waals surface area contributed by atoms with E-state index in [-0.39, 0.29) is 5.97 Å². The van der Waals surface area contributed by atoms with E-state index in [9.17, 15) is 4.79 Å². The van der Waals surface area contributed by atoms with Crippen LogP contribution in [0.4, 0.5) is 0 Å². The van der Waals surface area contributed by atoms with E-state index in [1.807, 2.05) is 36.4 Å². The van der Waals surface area contributed by atoms with Gasteiger partial charge >= 0.3 is 5.97 Å². The Bertz CT molecular complexity index is 732. The molecule has 0 unspecified atom stereocenters. The lowest BCUT2D eigenvalue weighted by Crippen LogP contribution is -2.29. The molecule has 0 heterocycles. The zero-order valence-corrected chi connectivity index (χ0v) is 18.9. The maximum absolute atomic E-state index is 11.9. The van der Waals surface area contributed by atoms with E-state index in [0.717, 1.165) is 22.9 Å². The first-order valence-electron chi connectivity index (χ1n) is 8.48. The largest absolute Gasteiger partial charge is 0.494 e. The van der Waals surface area contributed by atoms with Crippen LogP contribution in [0.2, 0.25) is 19.1 Å². The molecule has 0 aliphatic rings. The molecule has 0 saturated carbocycles. The molecule has 3 nitrogen and oxygen atoms in total. The van der Waals surface area contributed by atoms with E-state index in [2.05, 4.69) is 29.0 Å². The third kappa shape index (κ3) is 6.78. The number of carbonyl (C=O) groups is 1. The number of rotatable bonds is 7. The molecule has 2 aromatic rings. The van der Waals surface area contributed by atoms with Crippen molar-refractivity contribution in [2.24, 2.45) is 0 Å². The summed E-state index contributed by atoms with van der Waals surface area (Å²) in [6.45, 7) is 8.38. The number of esters is 1. The Morgan fingerprint density at radius 2 is 1.46 bits per heavy atom. The fraction of sp³-hybridized carbons (Fsp3) is 0.350. The van der Waals surface area contributed by atoms with Crippen LogP contribution in [0.25, 0.3) is 11.1 Å². The van der Waals surface area contributed by atoms with Crippen LogP contribution in [0.5, 0.6) is 11.5 Å². The molecule has 0 atom stereocenters. The lowest BCUT2D eigenvalue weighted by atomic mass is 10.1. The molecule has 26 heavy (non-hydrogen) atoms. The second kappa shape index (κ2) is 8.59. The number of halogens is 2. The maximum atomic E-state index is 11.9. The van der Waals surface area contributed by atoms with Crippen LogP contribution >= 0.6 is 27.0 Å². The Balaban J connectivity index is 1.97. The van der Waals surface area contributed by atoms with Gasteiger partial charge in [0, 0.05) is 0 Å². The van der Waals surface area contributed by atoms with Crippen molar-refractivity contribution in [1.29, 1.82) is 0 Å². The Kier molecular flexibility index (Phi) is 6.94. The molecule has 2 aromatic carbocycles. The van der Waals surface area contributed by atoms with E-state index < -0.39 is 11.7 Å². The highest BCUT2D eigenvalue weighted by molar-refractivity contribution is 9.10. The fourth-order valence-electron chi connectivity index (χ4n) is 2.10. The first kappa shape index (κ1) is 21.0. The fourth-order valence-corrected chi connectivity index (χ4v) is 3.00. The molecular formula is C20H24BrClO3Si. The smallest absolute Gasteiger partial charge is 0.327 e. The minimum absolute atomic E-state index is 0.324. The average molecular weight is 456 g/mol. The lowest BCUT2D eigenvalue weighted by molar-refractivity contribution is -0.136. The summed E-state index contributed by atoms with van der Waals surface area (Å²) >= 11 is 9.60. The molecule has 0 spiro atoms. The molecule has 0 saturated heterocycles. The normalized spacial score (nSPS) is 11.9. The van der Waals surface area contributed by atoms with Crippen LogP contribution in [0.3, 0.4) is 0 Å². The topological polar surface area (TPSA) is 35.5 Å². The van der Waals surface area contributed by atoms with Gasteiger partial charge in [0.1, 0.15) is 15.8 Å². The van der Waals surface area contributed by atoms with Gasteiger partial charge in [-0.15, -0.1) is 0 Å². The Hall–Kier alpha value is -1.30. The summed E-state index contributed by atoms with van der Waals surface area (Å²) in [7, 11) is -1.60. The summed E-state index contributed by atoms with van der Waals surface area (Å²) in [4.78, 5) is 11.9. The molecule has 0 aliphatic heterocycles. The first-order chi connectivity index (χ1) is 12.0. The van der Waals surface area contributed by atoms with Gasteiger partial charge in [-0.1, -0.05) is 53.3 Å². The molecule has 0 amide bonds. The third-order valence-corrected chi connectivity index (χ3v) is 5.99. The van der Waals surface area contributed by atoms with Crippen LogP contribution < -0.4 is 9.47 Å². The summed E-state index contributed by atoms with van der Waals surface area (Å²) in [6, 6.07) is 16.3. The van der Waals surface area contributed by atoms with Crippen LogP contribution in [0.15, 0.2) is 48.5 Å². The van der Waals surface area contributed by atoms with E-state index >= 15 is 0 Å². The number of alkyl halides is 1. The highest BCUT2D eigenvalue weighted by Crippen LogP contribution is 2.26. The van der Waals surface area contributed by atoms with Crippen molar-refractivity contribution < 1.29 is 14.3 Å². The second-order valence-electron chi connectivity index (χ2n) is 7.23. The average Bonchev–Trinajstić information content (AvgIpc) is 2.54. The Morgan fingerprint density at radius 1 is 1.00 bits per heavy atom. The van der Waals surface area contributed by atoms with E-state index in [0.29, 0.717) is 12.4 Å². The quantitative estimate of drug-likeness (QED) is 0.163. The van der Waals surface area contributed by atoms with E-state index in [1.165, 1.54) is 0 Å². The van der Waals surface area contributed by atoms with Crippen molar-refractivity contribution in [3.05, 3.63) is 48.5 Å². The number of carbonyl (C=O) groups excluding carboxylic acids is 1. The predicted octanol–water partition coefficient (Wildman–Crippen LogP) is 6.26. The number of hydrogen-bond acceptors (Lipinski definition) is 3. The SMILES string of the molecule is CC(C)(Br)C(=O)Oc1ccc(-c2ccc(OCC[Si](C)(C)Cl)cc2)cc1. The molecule has 140 valence electrons. The van der Waals surface area contributed by atoms with Gasteiger partial charge in [-0.2, -0.15) is 11.1 Å². The molecule has 0 N–H and O–H groups in total. The van der Waals surface area contributed by atoms with Crippen molar-refractivity contribution in [2.45, 2.75) is 37.3 Å². The highest BCUT2D eigenvalue weighted by Gasteiger charge is 2.26. The van der Waals surface area contributed by atoms with Crippen molar-refractivity contribution in [1.82, 2.24) is 0 Å². The summed E-state index contributed by atoms with van der Waals surface area (Å²) in [5.41, 5.74) is 2.12. The summed E-state index contributed by atoms with van der Waals surface area (Å²) in [5.74, 6) is 1.04. The second-order valence-corrected chi connectivity index (χ2v) is 16.2. The van der Waals surface area contributed by atoms with E-state index in [4.69, 9.17) is 20.6 Å². The van der Waals surface area contributed by atoms with Crippen molar-refractivity contribution in [3.8, 4) is 22.6 Å². The lowest BCUT2D eigenvalue weighted by Gasteiger charge is -2.15. The van der Waals surface area contributed by atoms with Gasteiger partial charge in [-0.3, -0.25) is 4.79 Å². The van der Waals surface area contributed by atoms with Gasteiger partial charge < -0.3 is 9.47 Å². The van der Waals surface area contributed by atoms with Crippen LogP contribution in [-0.4, -0.2) is 24.3 Å². The number of ether oxygens (including phenoxy) is 2. The first-order valence-corrected chi connectivity index (χ1v) is 13.5. The Labute approximate surface area is 169 Å². The molecule has 0 aliphatic carbocycles. The number of benzene rings is 2. The Morgan fingerprint density at radius 3 is 1.88 bits per heavy atom. The monoisotopic (exact) mass is 454 g/mol. The molecular weight excluding hydrogens is 432 g/mol. The van der Waals surface area contributed by atoms with Gasteiger partial charge in [0.15, 0.2) is 7.38 Å². The zero-order valence-electron chi connectivity index (χ0n) is 15.5. The van der Waals surface area contributed by atoms with Gasteiger partial charge in [-0.25, -0.2) is 0 Å². The van der Waals surface area contributed by atoms with Crippen molar-refractivity contribution >= 4 is 40.4 Å². The summed E-state index contributed by atoms with van der Waals surface area (Å²) < 4.78 is 10.4. The van der Waals surface area contributed by atoms with Gasteiger partial charge in [0.2, 0.25) is 0 Å². The molecule has 0 bridgehead atoms. The van der Waals surface area contributed by atoms with E-state index in [1.54, 1.807) is 26.0 Å². The van der Waals surface area contributed by atoms with Crippen molar-refractivity contribution in [3.63, 3.8) is 0 Å². The van der Waals surface area contributed by atoms with Gasteiger partial charge in [0.25, 0.3) is 0 Å². The highest BCUT2D eigenvalue weighted by atomic mass is 79.9. The predicted molar refractivity (Wildman–Crippen MR) is 114 cm³/mol. The third-order valence-electron chi connectivity index (χ3n) is 3.70. The van der Waals surface area contributed by atoms with Crippen molar-refractivity contribution in [2.75, 3.05) is 6.61 Å². The molecule has 0 radical (unpaired) electrons. The zero-order chi connectivity index (χ0) is 19.4. The summed E-state index contributed by atoms with van der Waals surface area (Å²) in [6.07, 6.45) is 0. The minimum atomic E-state index is -1.60. The van der Waals surface area contributed by atoms with Crippen LogP contribution in [0.1, 0.15) is 13.8 Å². The standard InChI is InChI=1S/C20H24BrClO3Si/c1-20(2,21)19(23)25-18-11-7-16(8-12-18)15-5-9-17(10-6-15)24-13-14-26(3,4)22/h5-12H,13-14H2,1-4H3. The van der Waals surface area contributed by atoms with Gasteiger partial charge in [0.05, 0.1) is 6.61 Å². The summed E-state index contributed by atoms with van der Waals surface area (Å²) in [5, 5.41) is 0. The molecule has 0 aromatic heterocycles. The number of hydrogen-bond donors (Lipinski definition) is 0.